The number of ether oxygens (including phenoxy) is 1. The van der Waals surface area contributed by atoms with Crippen LogP contribution in [-0.4, -0.2) is 35.3 Å². The smallest absolute Gasteiger partial charge is 0.244 e. The quantitative estimate of drug-likeness (QED) is 0.746. The average Bonchev–Trinajstić information content (AvgIpc) is 3.09. The second kappa shape index (κ2) is 8.88. The van der Waals surface area contributed by atoms with Gasteiger partial charge in [0.2, 0.25) is 5.91 Å². The molecule has 0 spiro atoms. The molecule has 1 heterocycles. The topological polar surface area (TPSA) is 70.6 Å². The molecule has 0 aromatic heterocycles. The fourth-order valence-corrected chi connectivity index (χ4v) is 3.72. The van der Waals surface area contributed by atoms with Crippen LogP contribution in [0.25, 0.3) is 0 Å². The Morgan fingerprint density at radius 1 is 1.28 bits per heavy atom. The van der Waals surface area contributed by atoms with Gasteiger partial charge in [-0.25, -0.2) is 0 Å². The summed E-state index contributed by atoms with van der Waals surface area (Å²) in [5, 5.41) is 16.3. The molecule has 6 heteroatoms. The Morgan fingerprint density at radius 2 is 2.00 bits per heavy atom. The highest BCUT2D eigenvalue weighted by Gasteiger charge is 2.39. The van der Waals surface area contributed by atoms with E-state index >= 15 is 0 Å². The van der Waals surface area contributed by atoms with Crippen molar-refractivity contribution in [1.82, 2.24) is 5.32 Å². The molecule has 1 saturated heterocycles. The standard InChI is InChI=1S/C19H28N2O3.ClH/c1-2-19(12-5-13-20-19)18(23)21-14-8-10-15(11-9-14)24-17-7-4-3-6-16(17)22;/h8-11,16-17,20,22H,2-7,12-13H2,1H3,(H,21,23);1H. The first-order valence-electron chi connectivity index (χ1n) is 9.14. The molecule has 1 aromatic carbocycles. The van der Waals surface area contributed by atoms with E-state index in [-0.39, 0.29) is 30.5 Å². The average molecular weight is 369 g/mol. The lowest BCUT2D eigenvalue weighted by molar-refractivity contribution is -0.122. The summed E-state index contributed by atoms with van der Waals surface area (Å²) < 4.78 is 5.89. The highest BCUT2D eigenvalue weighted by atomic mass is 35.5. The van der Waals surface area contributed by atoms with Gasteiger partial charge >= 0.3 is 0 Å². The van der Waals surface area contributed by atoms with Crippen molar-refractivity contribution in [3.8, 4) is 5.75 Å². The Bertz CT molecular complexity index is 558. The molecule has 0 bridgehead atoms. The Balaban J connectivity index is 0.00000225. The molecule has 0 radical (unpaired) electrons. The van der Waals surface area contributed by atoms with E-state index < -0.39 is 5.54 Å². The third-order valence-electron chi connectivity index (χ3n) is 5.35. The zero-order valence-electron chi connectivity index (χ0n) is 14.8. The van der Waals surface area contributed by atoms with Crippen molar-refractivity contribution in [3.05, 3.63) is 24.3 Å². The van der Waals surface area contributed by atoms with Crippen LogP contribution in [0.3, 0.4) is 0 Å². The minimum Gasteiger partial charge on any atom is -0.488 e. The molecule has 5 nitrogen and oxygen atoms in total. The predicted octanol–water partition coefficient (Wildman–Crippen LogP) is 3.26. The fourth-order valence-electron chi connectivity index (χ4n) is 3.72. The number of carbonyl (C=O) groups is 1. The number of amides is 1. The lowest BCUT2D eigenvalue weighted by Crippen LogP contribution is -2.50. The van der Waals surface area contributed by atoms with E-state index in [1.807, 2.05) is 31.2 Å². The molecule has 3 atom stereocenters. The molecule has 1 saturated carbocycles. The largest absolute Gasteiger partial charge is 0.488 e. The van der Waals surface area contributed by atoms with Crippen molar-refractivity contribution >= 4 is 24.0 Å². The van der Waals surface area contributed by atoms with Crippen molar-refractivity contribution in [1.29, 1.82) is 0 Å². The van der Waals surface area contributed by atoms with Crippen LogP contribution in [0, 0.1) is 0 Å². The summed E-state index contributed by atoms with van der Waals surface area (Å²) in [6.07, 6.45) is 6.09. The van der Waals surface area contributed by atoms with Gasteiger partial charge in [-0.05, 0) is 69.3 Å². The van der Waals surface area contributed by atoms with Gasteiger partial charge in [-0.15, -0.1) is 12.4 Å². The Hall–Kier alpha value is -1.30. The predicted molar refractivity (Wildman–Crippen MR) is 101 cm³/mol. The van der Waals surface area contributed by atoms with Crippen LogP contribution in [0.2, 0.25) is 0 Å². The highest BCUT2D eigenvalue weighted by Crippen LogP contribution is 2.27. The minimum atomic E-state index is -0.429. The monoisotopic (exact) mass is 368 g/mol. The normalized spacial score (nSPS) is 28.9. The summed E-state index contributed by atoms with van der Waals surface area (Å²) in [4.78, 5) is 12.6. The molecule has 2 aliphatic rings. The molecule has 3 unspecified atom stereocenters. The van der Waals surface area contributed by atoms with Crippen LogP contribution < -0.4 is 15.4 Å². The maximum atomic E-state index is 12.6. The van der Waals surface area contributed by atoms with Crippen LogP contribution in [0.15, 0.2) is 24.3 Å². The number of benzene rings is 1. The molecule has 3 rings (SSSR count). The summed E-state index contributed by atoms with van der Waals surface area (Å²) in [7, 11) is 0. The van der Waals surface area contributed by atoms with Crippen LogP contribution >= 0.6 is 12.4 Å². The minimum absolute atomic E-state index is 0. The molecule has 1 aliphatic heterocycles. The maximum Gasteiger partial charge on any atom is 0.244 e. The zero-order chi connectivity index (χ0) is 17.0. The zero-order valence-corrected chi connectivity index (χ0v) is 15.6. The van der Waals surface area contributed by atoms with Crippen LogP contribution in [-0.2, 0) is 4.79 Å². The van der Waals surface area contributed by atoms with E-state index in [2.05, 4.69) is 10.6 Å². The molecule has 2 fully saturated rings. The Labute approximate surface area is 155 Å². The first-order chi connectivity index (χ1) is 11.6. The van der Waals surface area contributed by atoms with Crippen molar-refractivity contribution in [2.45, 2.75) is 69.6 Å². The van der Waals surface area contributed by atoms with E-state index in [0.717, 1.165) is 62.9 Å². The fraction of sp³-hybridized carbons (Fsp3) is 0.632. The lowest BCUT2D eigenvalue weighted by Gasteiger charge is -2.28. The molecule has 1 aromatic rings. The second-order valence-corrected chi connectivity index (χ2v) is 6.95. The summed E-state index contributed by atoms with van der Waals surface area (Å²) in [6.45, 7) is 2.95. The van der Waals surface area contributed by atoms with Crippen LogP contribution in [0.5, 0.6) is 5.75 Å². The van der Waals surface area contributed by atoms with Crippen molar-refractivity contribution in [3.63, 3.8) is 0 Å². The van der Waals surface area contributed by atoms with Gasteiger partial charge < -0.3 is 20.5 Å². The van der Waals surface area contributed by atoms with Gasteiger partial charge in [0.15, 0.2) is 0 Å². The molecule has 1 amide bonds. The maximum absolute atomic E-state index is 12.6. The molecule has 3 N–H and O–H groups in total. The van der Waals surface area contributed by atoms with Gasteiger partial charge in [0.1, 0.15) is 11.9 Å². The number of rotatable bonds is 5. The summed E-state index contributed by atoms with van der Waals surface area (Å²) in [5.41, 5.74) is 0.347. The van der Waals surface area contributed by atoms with Gasteiger partial charge in [0.25, 0.3) is 0 Å². The van der Waals surface area contributed by atoms with E-state index in [1.165, 1.54) is 0 Å². The van der Waals surface area contributed by atoms with Crippen LogP contribution in [0.4, 0.5) is 5.69 Å². The number of carbonyl (C=O) groups excluding carboxylic acids is 1. The number of nitrogens with one attached hydrogen (secondary N) is 2. The Kier molecular flexibility index (Phi) is 7.11. The molecular weight excluding hydrogens is 340 g/mol. The van der Waals surface area contributed by atoms with Gasteiger partial charge in [0.05, 0.1) is 11.6 Å². The van der Waals surface area contributed by atoms with Gasteiger partial charge in [-0.2, -0.15) is 0 Å². The van der Waals surface area contributed by atoms with Crippen molar-refractivity contribution in [2.75, 3.05) is 11.9 Å². The molecule has 25 heavy (non-hydrogen) atoms. The lowest BCUT2D eigenvalue weighted by atomic mass is 9.93. The first kappa shape index (κ1) is 20.0. The summed E-state index contributed by atoms with van der Waals surface area (Å²) in [5.74, 6) is 0.780. The SMILES string of the molecule is CCC1(C(=O)Nc2ccc(OC3CCCCC3O)cc2)CCCN1.Cl. The van der Waals surface area contributed by atoms with Gasteiger partial charge in [-0.3, -0.25) is 4.79 Å². The van der Waals surface area contributed by atoms with Crippen molar-refractivity contribution < 1.29 is 14.6 Å². The van der Waals surface area contributed by atoms with E-state index in [9.17, 15) is 9.90 Å². The highest BCUT2D eigenvalue weighted by molar-refractivity contribution is 5.98. The number of hydrogen-bond donors (Lipinski definition) is 3. The van der Waals surface area contributed by atoms with E-state index in [4.69, 9.17) is 4.74 Å². The number of halogens is 1. The Morgan fingerprint density at radius 3 is 2.60 bits per heavy atom. The summed E-state index contributed by atoms with van der Waals surface area (Å²) >= 11 is 0. The summed E-state index contributed by atoms with van der Waals surface area (Å²) in [6, 6.07) is 7.44. The van der Waals surface area contributed by atoms with Gasteiger partial charge in [0, 0.05) is 5.69 Å². The molecule has 1 aliphatic carbocycles. The number of anilines is 1. The number of aliphatic hydroxyl groups is 1. The third kappa shape index (κ3) is 4.66. The van der Waals surface area contributed by atoms with Crippen LogP contribution in [0.1, 0.15) is 51.9 Å². The van der Waals surface area contributed by atoms with Crippen molar-refractivity contribution in [2.24, 2.45) is 0 Å². The van der Waals surface area contributed by atoms with E-state index in [0.29, 0.717) is 0 Å². The van der Waals surface area contributed by atoms with E-state index in [1.54, 1.807) is 0 Å². The number of aliphatic hydroxyl groups excluding tert-OH is 1. The molecule has 140 valence electrons. The molecular formula is C19H29ClN2O3. The third-order valence-corrected chi connectivity index (χ3v) is 5.35. The van der Waals surface area contributed by atoms with Gasteiger partial charge in [-0.1, -0.05) is 13.3 Å². The second-order valence-electron chi connectivity index (χ2n) is 6.95. The number of hydrogen-bond acceptors (Lipinski definition) is 4. The first-order valence-corrected chi connectivity index (χ1v) is 9.14.